The molecule has 0 aliphatic carbocycles. The van der Waals surface area contributed by atoms with Gasteiger partial charge in [-0.3, -0.25) is 13.9 Å². The molecule has 2 aromatic rings. The van der Waals surface area contributed by atoms with Gasteiger partial charge in [0.05, 0.1) is 11.9 Å². The van der Waals surface area contributed by atoms with Crippen molar-refractivity contribution in [3.05, 3.63) is 64.7 Å². The van der Waals surface area contributed by atoms with Crippen LogP contribution in [0.25, 0.3) is 0 Å². The van der Waals surface area contributed by atoms with E-state index in [0.29, 0.717) is 10.7 Å². The van der Waals surface area contributed by atoms with E-state index < -0.39 is 21.6 Å². The number of amides is 2. The van der Waals surface area contributed by atoms with Gasteiger partial charge in [-0.15, -0.1) is 0 Å². The second kappa shape index (κ2) is 11.9. The Morgan fingerprint density at radius 3 is 2.26 bits per heavy atom. The molecule has 0 unspecified atom stereocenters. The lowest BCUT2D eigenvalue weighted by Gasteiger charge is -2.32. The average Bonchev–Trinajstić information content (AvgIpc) is 2.73. The first-order chi connectivity index (χ1) is 16.2. The summed E-state index contributed by atoms with van der Waals surface area (Å²) in [6.45, 7) is 9.76. The van der Waals surface area contributed by atoms with Gasteiger partial charge in [-0.05, 0) is 64.8 Å². The quantitative estimate of drug-likeness (QED) is 0.497. The standard InChI is InChI=1S/C26H36ClN3O4S/c1-19-12-14-21(15-13-19)18-29(20(2)25(32)28-26(3,4)5)24(31)11-8-16-30(35(6,33)34)23-10-7-9-22(27)17-23/h7,9-10,12-15,17,20H,8,11,16,18H2,1-6H3,(H,28,32)/t20-/m1/s1. The van der Waals surface area contributed by atoms with Gasteiger partial charge in [0.25, 0.3) is 0 Å². The van der Waals surface area contributed by atoms with Gasteiger partial charge >= 0.3 is 0 Å². The second-order valence-electron chi connectivity index (χ2n) is 9.84. The number of benzene rings is 2. The van der Waals surface area contributed by atoms with Gasteiger partial charge in [0.1, 0.15) is 6.04 Å². The summed E-state index contributed by atoms with van der Waals surface area (Å²) in [5.41, 5.74) is 2.03. The highest BCUT2D eigenvalue weighted by atomic mass is 35.5. The van der Waals surface area contributed by atoms with Gasteiger partial charge in [0.15, 0.2) is 0 Å². The zero-order valence-corrected chi connectivity index (χ0v) is 22.9. The lowest BCUT2D eigenvalue weighted by molar-refractivity contribution is -0.141. The predicted octanol–water partition coefficient (Wildman–Crippen LogP) is 4.53. The maximum absolute atomic E-state index is 13.3. The Labute approximate surface area is 214 Å². The van der Waals surface area contributed by atoms with Crippen molar-refractivity contribution < 1.29 is 18.0 Å². The van der Waals surface area contributed by atoms with Crippen molar-refractivity contribution in [2.24, 2.45) is 0 Å². The Morgan fingerprint density at radius 2 is 1.71 bits per heavy atom. The number of nitrogens with zero attached hydrogens (tertiary/aromatic N) is 2. The average molecular weight is 522 g/mol. The van der Waals surface area contributed by atoms with E-state index in [1.54, 1.807) is 36.1 Å². The summed E-state index contributed by atoms with van der Waals surface area (Å²) < 4.78 is 26.0. The number of carbonyl (C=O) groups excluding carboxylic acids is 2. The first-order valence-electron chi connectivity index (χ1n) is 11.6. The molecule has 0 aromatic heterocycles. The molecular weight excluding hydrogens is 486 g/mol. The van der Waals surface area contributed by atoms with Crippen LogP contribution in [-0.4, -0.2) is 49.5 Å². The highest BCUT2D eigenvalue weighted by Crippen LogP contribution is 2.23. The van der Waals surface area contributed by atoms with Crippen molar-refractivity contribution in [2.45, 2.75) is 65.6 Å². The molecule has 0 spiro atoms. The molecule has 0 radical (unpaired) electrons. The van der Waals surface area contributed by atoms with Crippen molar-refractivity contribution in [1.82, 2.24) is 10.2 Å². The zero-order valence-electron chi connectivity index (χ0n) is 21.3. The molecule has 0 saturated heterocycles. The predicted molar refractivity (Wildman–Crippen MR) is 142 cm³/mol. The largest absolute Gasteiger partial charge is 0.350 e. The summed E-state index contributed by atoms with van der Waals surface area (Å²) in [7, 11) is -3.57. The van der Waals surface area contributed by atoms with E-state index in [0.717, 1.165) is 17.4 Å². The minimum absolute atomic E-state index is 0.0889. The molecule has 7 nitrogen and oxygen atoms in total. The molecule has 0 fully saturated rings. The van der Waals surface area contributed by atoms with Gasteiger partial charge in [-0.2, -0.15) is 0 Å². The van der Waals surface area contributed by atoms with Crippen LogP contribution in [0.2, 0.25) is 5.02 Å². The fourth-order valence-electron chi connectivity index (χ4n) is 3.58. The summed E-state index contributed by atoms with van der Waals surface area (Å²) in [6.07, 6.45) is 1.50. The first-order valence-corrected chi connectivity index (χ1v) is 13.8. The number of carbonyl (C=O) groups is 2. The molecule has 0 heterocycles. The van der Waals surface area contributed by atoms with E-state index in [1.807, 2.05) is 52.0 Å². The molecule has 0 saturated carbocycles. The van der Waals surface area contributed by atoms with Crippen LogP contribution in [0.5, 0.6) is 0 Å². The monoisotopic (exact) mass is 521 g/mol. The molecule has 0 aliphatic heterocycles. The van der Waals surface area contributed by atoms with Crippen molar-refractivity contribution in [3.8, 4) is 0 Å². The minimum Gasteiger partial charge on any atom is -0.350 e. The van der Waals surface area contributed by atoms with E-state index in [-0.39, 0.29) is 37.7 Å². The van der Waals surface area contributed by atoms with Crippen LogP contribution in [0.1, 0.15) is 51.7 Å². The smallest absolute Gasteiger partial charge is 0.242 e. The fourth-order valence-corrected chi connectivity index (χ4v) is 4.72. The van der Waals surface area contributed by atoms with Crippen LogP contribution in [0, 0.1) is 6.92 Å². The Bertz CT molecular complexity index is 1130. The lowest BCUT2D eigenvalue weighted by Crippen LogP contribution is -2.52. The molecule has 0 aliphatic rings. The Morgan fingerprint density at radius 1 is 1.09 bits per heavy atom. The topological polar surface area (TPSA) is 86.8 Å². The maximum Gasteiger partial charge on any atom is 0.242 e. The maximum atomic E-state index is 13.3. The fraction of sp³-hybridized carbons (Fsp3) is 0.462. The van der Waals surface area contributed by atoms with Gasteiger partial charge in [-0.1, -0.05) is 47.5 Å². The van der Waals surface area contributed by atoms with Crippen LogP contribution in [0.15, 0.2) is 48.5 Å². The van der Waals surface area contributed by atoms with Gasteiger partial charge in [0.2, 0.25) is 21.8 Å². The number of aryl methyl sites for hydroxylation is 1. The van der Waals surface area contributed by atoms with Gasteiger partial charge in [0, 0.05) is 30.1 Å². The number of hydrogen-bond acceptors (Lipinski definition) is 4. The Kier molecular flexibility index (Phi) is 9.75. The van der Waals surface area contributed by atoms with Crippen LogP contribution >= 0.6 is 11.6 Å². The molecular formula is C26H36ClN3O4S. The zero-order chi connectivity index (χ0) is 26.4. The molecule has 1 atom stereocenters. The summed E-state index contributed by atoms with van der Waals surface area (Å²) >= 11 is 6.04. The van der Waals surface area contributed by atoms with Crippen LogP contribution in [-0.2, 0) is 26.2 Å². The van der Waals surface area contributed by atoms with E-state index in [9.17, 15) is 18.0 Å². The number of rotatable bonds is 10. The van der Waals surface area contributed by atoms with Crippen molar-refractivity contribution in [3.63, 3.8) is 0 Å². The normalized spacial score (nSPS) is 12.7. The number of halogens is 1. The molecule has 2 amide bonds. The molecule has 2 aromatic carbocycles. The van der Waals surface area contributed by atoms with E-state index in [4.69, 9.17) is 11.6 Å². The van der Waals surface area contributed by atoms with E-state index in [1.165, 1.54) is 4.31 Å². The number of sulfonamides is 1. The van der Waals surface area contributed by atoms with Crippen molar-refractivity contribution in [1.29, 1.82) is 0 Å². The highest BCUT2D eigenvalue weighted by Gasteiger charge is 2.28. The molecule has 2 rings (SSSR count). The molecule has 9 heteroatoms. The number of anilines is 1. The van der Waals surface area contributed by atoms with E-state index in [2.05, 4.69) is 5.32 Å². The van der Waals surface area contributed by atoms with Crippen molar-refractivity contribution in [2.75, 3.05) is 17.1 Å². The third kappa shape index (κ3) is 9.18. The summed E-state index contributed by atoms with van der Waals surface area (Å²) in [5, 5.41) is 3.36. The minimum atomic E-state index is -3.57. The van der Waals surface area contributed by atoms with Crippen LogP contribution < -0.4 is 9.62 Å². The molecule has 1 N–H and O–H groups in total. The van der Waals surface area contributed by atoms with Gasteiger partial charge in [-0.25, -0.2) is 8.42 Å². The second-order valence-corrected chi connectivity index (χ2v) is 12.2. The van der Waals surface area contributed by atoms with Crippen LogP contribution in [0.4, 0.5) is 5.69 Å². The third-order valence-corrected chi connectivity index (χ3v) is 6.82. The molecule has 0 bridgehead atoms. The third-order valence-electron chi connectivity index (χ3n) is 5.39. The molecule has 192 valence electrons. The van der Waals surface area contributed by atoms with Gasteiger partial charge < -0.3 is 10.2 Å². The number of hydrogen-bond donors (Lipinski definition) is 1. The number of nitrogens with one attached hydrogen (secondary N) is 1. The highest BCUT2D eigenvalue weighted by molar-refractivity contribution is 7.92. The summed E-state index contributed by atoms with van der Waals surface area (Å²) in [4.78, 5) is 27.7. The SMILES string of the molecule is Cc1ccc(CN(C(=O)CCCN(c2cccc(Cl)c2)S(C)(=O)=O)[C@H](C)C(=O)NC(C)(C)C)cc1. The summed E-state index contributed by atoms with van der Waals surface area (Å²) in [5.74, 6) is -0.462. The molecule has 35 heavy (non-hydrogen) atoms. The first kappa shape index (κ1) is 28.7. The Balaban J connectivity index is 2.18. The van der Waals surface area contributed by atoms with Crippen molar-refractivity contribution >= 4 is 39.1 Å². The van der Waals surface area contributed by atoms with Crippen LogP contribution in [0.3, 0.4) is 0 Å². The lowest BCUT2D eigenvalue weighted by atomic mass is 10.1. The summed E-state index contributed by atoms with van der Waals surface area (Å²) in [6, 6.07) is 13.7. The Hall–Kier alpha value is -2.58. The van der Waals surface area contributed by atoms with E-state index >= 15 is 0 Å².